The summed E-state index contributed by atoms with van der Waals surface area (Å²) in [5, 5.41) is 4.00. The lowest BCUT2D eigenvalue weighted by Gasteiger charge is -2.28. The standard InChI is InChI=1S/C22H36F2N2O9/c1-19(2,3)34-17(30)25-13(21(7,8)23)15(28)32-11-12(27)33-16(29)14(22(9,10)24)26-18(31)35-20(4,5)6/h13-14H,11H2,1-10H3,(H,25,30)(H,26,31). The Labute approximate surface area is 203 Å². The van der Waals surface area contributed by atoms with E-state index in [-0.39, 0.29) is 0 Å². The Morgan fingerprint density at radius 3 is 1.31 bits per heavy atom. The highest BCUT2D eigenvalue weighted by Crippen LogP contribution is 2.19. The number of ether oxygens (including phenoxy) is 4. The Morgan fingerprint density at radius 1 is 0.657 bits per heavy atom. The Bertz CT molecular complexity index is 804. The molecule has 0 spiro atoms. The summed E-state index contributed by atoms with van der Waals surface area (Å²) in [5.41, 5.74) is -6.58. The lowest BCUT2D eigenvalue weighted by molar-refractivity contribution is -0.171. The largest absolute Gasteiger partial charge is 0.452 e. The highest BCUT2D eigenvalue weighted by atomic mass is 19.1. The van der Waals surface area contributed by atoms with Crippen LogP contribution in [0.1, 0.15) is 69.2 Å². The minimum Gasteiger partial charge on any atom is -0.452 e. The molecule has 0 heterocycles. The van der Waals surface area contributed by atoms with Gasteiger partial charge in [-0.2, -0.15) is 0 Å². The van der Waals surface area contributed by atoms with Crippen molar-refractivity contribution in [2.45, 2.75) is 104 Å². The van der Waals surface area contributed by atoms with Crippen molar-refractivity contribution in [1.82, 2.24) is 10.6 Å². The number of hydrogen-bond donors (Lipinski definition) is 2. The molecule has 35 heavy (non-hydrogen) atoms. The zero-order valence-electron chi connectivity index (χ0n) is 21.8. The van der Waals surface area contributed by atoms with Gasteiger partial charge in [0.2, 0.25) is 0 Å². The normalized spacial score (nSPS) is 14.2. The van der Waals surface area contributed by atoms with Crippen LogP contribution in [-0.2, 0) is 33.3 Å². The predicted octanol–water partition coefficient (Wildman–Crippen LogP) is 2.88. The van der Waals surface area contributed by atoms with Gasteiger partial charge in [0, 0.05) is 0 Å². The quantitative estimate of drug-likeness (QED) is 0.286. The molecule has 0 radical (unpaired) electrons. The topological polar surface area (TPSA) is 146 Å². The van der Waals surface area contributed by atoms with Crippen LogP contribution in [0.25, 0.3) is 0 Å². The average molecular weight is 511 g/mol. The smallest absolute Gasteiger partial charge is 0.408 e. The number of rotatable bonds is 8. The number of nitrogens with one attached hydrogen (secondary N) is 2. The van der Waals surface area contributed by atoms with Crippen LogP contribution >= 0.6 is 0 Å². The SMILES string of the molecule is CC(C)(C)OC(=O)NC(C(=O)OCC(=O)OC(=O)C(NC(=O)OC(C)(C)C)C(C)(C)F)C(C)(C)F. The molecule has 0 aliphatic carbocycles. The molecular formula is C22H36F2N2O9. The zero-order chi connectivity index (χ0) is 28.0. The molecule has 0 fully saturated rings. The molecule has 2 unspecified atom stereocenters. The van der Waals surface area contributed by atoms with Crippen LogP contribution in [0.2, 0.25) is 0 Å². The number of halogens is 2. The van der Waals surface area contributed by atoms with E-state index in [0.29, 0.717) is 0 Å². The van der Waals surface area contributed by atoms with Gasteiger partial charge in [0.05, 0.1) is 0 Å². The molecular weight excluding hydrogens is 474 g/mol. The summed E-state index contributed by atoms with van der Waals surface area (Å²) in [4.78, 5) is 60.4. The summed E-state index contributed by atoms with van der Waals surface area (Å²) in [6.45, 7) is 12.0. The monoisotopic (exact) mass is 510 g/mol. The van der Waals surface area contributed by atoms with E-state index >= 15 is 0 Å². The van der Waals surface area contributed by atoms with E-state index in [1.54, 1.807) is 41.5 Å². The number of esters is 3. The number of hydrogen-bond acceptors (Lipinski definition) is 9. The third-order valence-electron chi connectivity index (χ3n) is 3.71. The third kappa shape index (κ3) is 13.5. The maximum Gasteiger partial charge on any atom is 0.408 e. The Morgan fingerprint density at radius 2 is 1.00 bits per heavy atom. The molecule has 202 valence electrons. The van der Waals surface area contributed by atoms with E-state index in [0.717, 1.165) is 27.7 Å². The molecule has 0 bridgehead atoms. The molecule has 0 aromatic rings. The first-order valence-electron chi connectivity index (χ1n) is 10.7. The molecule has 13 heteroatoms. The molecule has 0 aromatic carbocycles. The summed E-state index contributed by atoms with van der Waals surface area (Å²) in [6.07, 6.45) is -2.24. The molecule has 0 aliphatic heterocycles. The van der Waals surface area contributed by atoms with Crippen molar-refractivity contribution in [1.29, 1.82) is 0 Å². The van der Waals surface area contributed by atoms with E-state index in [1.165, 1.54) is 0 Å². The van der Waals surface area contributed by atoms with Crippen molar-refractivity contribution in [2.75, 3.05) is 6.61 Å². The number of amides is 2. The van der Waals surface area contributed by atoms with Crippen LogP contribution in [0.3, 0.4) is 0 Å². The van der Waals surface area contributed by atoms with E-state index < -0.39 is 71.3 Å². The van der Waals surface area contributed by atoms with Gasteiger partial charge in [-0.05, 0) is 69.2 Å². The second kappa shape index (κ2) is 11.6. The Hall–Kier alpha value is -2.99. The molecule has 0 aliphatic rings. The number of carbonyl (C=O) groups excluding carboxylic acids is 5. The van der Waals surface area contributed by atoms with Crippen molar-refractivity contribution in [3.05, 3.63) is 0 Å². The van der Waals surface area contributed by atoms with E-state index in [1.807, 2.05) is 10.6 Å². The second-order valence-corrected chi connectivity index (χ2v) is 10.7. The van der Waals surface area contributed by atoms with Gasteiger partial charge in [-0.1, -0.05) is 0 Å². The van der Waals surface area contributed by atoms with Gasteiger partial charge in [-0.25, -0.2) is 32.8 Å². The van der Waals surface area contributed by atoms with Crippen LogP contribution in [0.5, 0.6) is 0 Å². The summed E-state index contributed by atoms with van der Waals surface area (Å²) in [6, 6.07) is -3.81. The van der Waals surface area contributed by atoms with Gasteiger partial charge in [0.25, 0.3) is 0 Å². The van der Waals surface area contributed by atoms with Crippen LogP contribution < -0.4 is 10.6 Å². The van der Waals surface area contributed by atoms with Gasteiger partial charge in [0.1, 0.15) is 22.5 Å². The minimum absolute atomic E-state index is 0.933. The van der Waals surface area contributed by atoms with E-state index in [9.17, 15) is 32.8 Å². The first-order chi connectivity index (χ1) is 15.4. The van der Waals surface area contributed by atoms with Crippen LogP contribution in [0, 0.1) is 0 Å². The molecule has 0 saturated heterocycles. The minimum atomic E-state index is -2.37. The first kappa shape index (κ1) is 32.0. The van der Waals surface area contributed by atoms with E-state index in [4.69, 9.17) is 9.47 Å². The Kier molecular flexibility index (Phi) is 10.6. The van der Waals surface area contributed by atoms with Gasteiger partial charge < -0.3 is 29.6 Å². The van der Waals surface area contributed by atoms with Crippen LogP contribution in [0.15, 0.2) is 0 Å². The molecule has 0 rings (SSSR count). The lowest BCUT2D eigenvalue weighted by Crippen LogP contribution is -2.54. The molecule has 11 nitrogen and oxygen atoms in total. The average Bonchev–Trinajstić information content (AvgIpc) is 2.57. The highest BCUT2D eigenvalue weighted by Gasteiger charge is 2.41. The summed E-state index contributed by atoms with van der Waals surface area (Å²) < 4.78 is 48.0. The fraction of sp³-hybridized carbons (Fsp3) is 0.773. The molecule has 0 aromatic heterocycles. The van der Waals surface area contributed by atoms with Gasteiger partial charge >= 0.3 is 30.1 Å². The lowest BCUT2D eigenvalue weighted by atomic mass is 10.0. The zero-order valence-corrected chi connectivity index (χ0v) is 21.8. The van der Waals surface area contributed by atoms with Crippen molar-refractivity contribution in [3.63, 3.8) is 0 Å². The van der Waals surface area contributed by atoms with E-state index in [2.05, 4.69) is 9.47 Å². The fourth-order valence-corrected chi connectivity index (χ4v) is 2.29. The second-order valence-electron chi connectivity index (χ2n) is 10.7. The first-order valence-corrected chi connectivity index (χ1v) is 10.7. The highest BCUT2D eigenvalue weighted by molar-refractivity contribution is 5.92. The molecule has 2 N–H and O–H groups in total. The van der Waals surface area contributed by atoms with Crippen molar-refractivity contribution < 1.29 is 51.7 Å². The van der Waals surface area contributed by atoms with Crippen molar-refractivity contribution >= 4 is 30.1 Å². The number of alkyl carbamates (subject to hydrolysis) is 2. The number of alkyl halides is 2. The van der Waals surface area contributed by atoms with Crippen molar-refractivity contribution in [3.8, 4) is 0 Å². The van der Waals surface area contributed by atoms with Gasteiger partial charge in [0.15, 0.2) is 18.7 Å². The van der Waals surface area contributed by atoms with Crippen LogP contribution in [-0.4, -0.2) is 71.3 Å². The predicted molar refractivity (Wildman–Crippen MR) is 119 cm³/mol. The molecule has 0 saturated carbocycles. The maximum atomic E-state index is 14.5. The fourth-order valence-electron chi connectivity index (χ4n) is 2.29. The molecule has 2 amide bonds. The van der Waals surface area contributed by atoms with Crippen molar-refractivity contribution in [2.24, 2.45) is 0 Å². The third-order valence-corrected chi connectivity index (χ3v) is 3.71. The van der Waals surface area contributed by atoms with Gasteiger partial charge in [-0.3, -0.25) is 0 Å². The summed E-state index contributed by atoms with van der Waals surface area (Å²) in [5.74, 6) is -4.28. The summed E-state index contributed by atoms with van der Waals surface area (Å²) in [7, 11) is 0. The molecule has 2 atom stereocenters. The maximum absolute atomic E-state index is 14.5. The van der Waals surface area contributed by atoms with Gasteiger partial charge in [-0.15, -0.1) is 0 Å². The number of carbonyl (C=O) groups is 5. The Balaban J connectivity index is 5.18. The van der Waals surface area contributed by atoms with Crippen LogP contribution in [0.4, 0.5) is 18.4 Å². The summed E-state index contributed by atoms with van der Waals surface area (Å²) >= 11 is 0.